The fourth-order valence-corrected chi connectivity index (χ4v) is 3.85. The normalized spacial score (nSPS) is 28.7. The number of rotatable bonds is 8. The predicted octanol–water partition coefficient (Wildman–Crippen LogP) is 1.06. The number of nitrogens with one attached hydrogen (secondary N) is 2. The highest BCUT2D eigenvalue weighted by molar-refractivity contribution is 5.79. The van der Waals surface area contributed by atoms with E-state index in [1.165, 1.54) is 25.9 Å². The van der Waals surface area contributed by atoms with Crippen molar-refractivity contribution in [2.45, 2.75) is 45.6 Å². The molecule has 1 unspecified atom stereocenters. The van der Waals surface area contributed by atoms with Crippen LogP contribution in [0.4, 0.5) is 0 Å². The van der Waals surface area contributed by atoms with Crippen molar-refractivity contribution in [3.63, 3.8) is 0 Å². The number of nitrogens with zero attached hydrogens (tertiary/aromatic N) is 2. The van der Waals surface area contributed by atoms with Crippen molar-refractivity contribution in [3.05, 3.63) is 0 Å². The maximum atomic E-state index is 9.33. The molecule has 0 bridgehead atoms. The second-order valence-corrected chi connectivity index (χ2v) is 7.77. The molecule has 0 amide bonds. The van der Waals surface area contributed by atoms with Crippen LogP contribution < -0.4 is 10.6 Å². The Morgan fingerprint density at radius 3 is 2.88 bits per heavy atom. The van der Waals surface area contributed by atoms with Crippen molar-refractivity contribution in [1.82, 2.24) is 15.5 Å². The fraction of sp³-hybridized carbons (Fsp3) is 0.944. The van der Waals surface area contributed by atoms with Crippen LogP contribution in [0.3, 0.4) is 0 Å². The van der Waals surface area contributed by atoms with Crippen LogP contribution >= 0.6 is 0 Å². The summed E-state index contributed by atoms with van der Waals surface area (Å²) in [6, 6.07) is 0.604. The summed E-state index contributed by atoms with van der Waals surface area (Å²) in [6.45, 7) is 10.4. The molecule has 6 nitrogen and oxygen atoms in total. The van der Waals surface area contributed by atoms with Gasteiger partial charge < -0.3 is 20.5 Å². The molecule has 0 aromatic heterocycles. The van der Waals surface area contributed by atoms with Crippen molar-refractivity contribution >= 4 is 5.96 Å². The third-order valence-electron chi connectivity index (χ3n) is 5.29. The highest BCUT2D eigenvalue weighted by atomic mass is 16.5. The van der Waals surface area contributed by atoms with E-state index in [-0.39, 0.29) is 12.0 Å². The van der Waals surface area contributed by atoms with Crippen LogP contribution in [0.1, 0.15) is 39.5 Å². The molecule has 0 spiro atoms. The summed E-state index contributed by atoms with van der Waals surface area (Å²) < 4.78 is 5.55. The average molecular weight is 341 g/mol. The number of guanidine groups is 1. The lowest BCUT2D eigenvalue weighted by atomic mass is 9.84. The quantitative estimate of drug-likeness (QED) is 0.455. The molecular weight excluding hydrogens is 304 g/mol. The third kappa shape index (κ3) is 5.60. The topological polar surface area (TPSA) is 69.1 Å². The summed E-state index contributed by atoms with van der Waals surface area (Å²) in [5.41, 5.74) is 0.0450. The molecule has 140 valence electrons. The maximum absolute atomic E-state index is 9.33. The van der Waals surface area contributed by atoms with Gasteiger partial charge in [0.15, 0.2) is 5.96 Å². The van der Waals surface area contributed by atoms with E-state index >= 15 is 0 Å². The molecule has 2 atom stereocenters. The predicted molar refractivity (Wildman–Crippen MR) is 98.4 cm³/mol. The van der Waals surface area contributed by atoms with Gasteiger partial charge in [0.05, 0.1) is 6.61 Å². The van der Waals surface area contributed by atoms with Gasteiger partial charge in [0.1, 0.15) is 0 Å². The highest BCUT2D eigenvalue weighted by Gasteiger charge is 2.34. The molecule has 2 saturated heterocycles. The Labute approximate surface area is 147 Å². The van der Waals surface area contributed by atoms with E-state index < -0.39 is 0 Å². The zero-order valence-corrected chi connectivity index (χ0v) is 15.7. The molecule has 0 aliphatic carbocycles. The van der Waals surface area contributed by atoms with Gasteiger partial charge in [-0.1, -0.05) is 13.8 Å². The largest absolute Gasteiger partial charge is 0.396 e. The van der Waals surface area contributed by atoms with Gasteiger partial charge in [-0.2, -0.15) is 0 Å². The Kier molecular flexibility index (Phi) is 7.78. The first-order valence-corrected chi connectivity index (χ1v) is 9.46. The Bertz CT molecular complexity index is 394. The fourth-order valence-electron chi connectivity index (χ4n) is 3.85. The van der Waals surface area contributed by atoms with Crippen molar-refractivity contribution < 1.29 is 9.84 Å². The molecule has 2 rings (SSSR count). The van der Waals surface area contributed by atoms with E-state index in [2.05, 4.69) is 34.4 Å². The molecule has 2 fully saturated rings. The smallest absolute Gasteiger partial charge is 0.191 e. The van der Waals surface area contributed by atoms with Crippen LogP contribution in [0.2, 0.25) is 0 Å². The molecule has 2 heterocycles. The van der Waals surface area contributed by atoms with Gasteiger partial charge in [0, 0.05) is 51.4 Å². The lowest BCUT2D eigenvalue weighted by molar-refractivity contribution is 0.127. The van der Waals surface area contributed by atoms with E-state index in [0.717, 1.165) is 45.1 Å². The number of likely N-dealkylation sites (tertiary alicyclic amines) is 1. The first-order chi connectivity index (χ1) is 11.6. The van der Waals surface area contributed by atoms with E-state index in [1.54, 1.807) is 0 Å². The van der Waals surface area contributed by atoms with Crippen molar-refractivity contribution in [2.75, 3.05) is 53.0 Å². The number of aliphatic hydroxyl groups excluding tert-OH is 1. The Morgan fingerprint density at radius 2 is 2.25 bits per heavy atom. The van der Waals surface area contributed by atoms with Crippen LogP contribution in [0.15, 0.2) is 4.99 Å². The molecule has 2 aliphatic heterocycles. The second-order valence-electron chi connectivity index (χ2n) is 7.77. The number of aliphatic imine (C=N–C) groups is 1. The molecular formula is C18H36N4O2. The molecule has 0 radical (unpaired) electrons. The second kappa shape index (κ2) is 9.59. The average Bonchev–Trinajstić information content (AvgIpc) is 3.18. The summed E-state index contributed by atoms with van der Waals surface area (Å²) in [6.07, 6.45) is 4.34. The van der Waals surface area contributed by atoms with Crippen molar-refractivity contribution in [1.29, 1.82) is 0 Å². The highest BCUT2D eigenvalue weighted by Crippen LogP contribution is 2.31. The van der Waals surface area contributed by atoms with E-state index in [0.29, 0.717) is 12.0 Å². The van der Waals surface area contributed by atoms with Crippen LogP contribution in [0, 0.1) is 11.3 Å². The van der Waals surface area contributed by atoms with Crippen molar-refractivity contribution in [2.24, 2.45) is 16.3 Å². The van der Waals surface area contributed by atoms with Gasteiger partial charge in [-0.3, -0.25) is 9.89 Å². The first kappa shape index (κ1) is 19.5. The van der Waals surface area contributed by atoms with Gasteiger partial charge in [-0.15, -0.1) is 0 Å². The maximum Gasteiger partial charge on any atom is 0.191 e. The van der Waals surface area contributed by atoms with E-state index in [4.69, 9.17) is 4.74 Å². The minimum atomic E-state index is 0.0450. The number of hydrogen-bond donors (Lipinski definition) is 3. The third-order valence-corrected chi connectivity index (χ3v) is 5.29. The zero-order chi connectivity index (χ0) is 17.4. The number of hydrogen-bond acceptors (Lipinski definition) is 4. The minimum absolute atomic E-state index is 0.0450. The summed E-state index contributed by atoms with van der Waals surface area (Å²) in [7, 11) is 1.82. The summed E-state index contributed by atoms with van der Waals surface area (Å²) in [5.74, 6) is 1.57. The lowest BCUT2D eigenvalue weighted by Gasteiger charge is -2.29. The van der Waals surface area contributed by atoms with Crippen LogP contribution in [0.25, 0.3) is 0 Å². The lowest BCUT2D eigenvalue weighted by Crippen LogP contribution is -2.48. The monoisotopic (exact) mass is 340 g/mol. The molecule has 3 N–H and O–H groups in total. The summed E-state index contributed by atoms with van der Waals surface area (Å²) in [4.78, 5) is 6.96. The molecule has 0 saturated carbocycles. The van der Waals surface area contributed by atoms with Crippen LogP contribution in [0.5, 0.6) is 0 Å². The standard InChI is InChI=1S/C18H36N4O2/c1-15(2)12-22-8-4-5-16(22)11-20-17(19-3)21-13-18(6-9-23)7-10-24-14-18/h15-16,23H,4-14H2,1-3H3,(H2,19,20,21)/t16-,18?/m1/s1. The summed E-state index contributed by atoms with van der Waals surface area (Å²) >= 11 is 0. The van der Waals surface area contributed by atoms with Crippen molar-refractivity contribution in [3.8, 4) is 0 Å². The minimum Gasteiger partial charge on any atom is -0.396 e. The summed E-state index contributed by atoms with van der Waals surface area (Å²) in [5, 5.41) is 16.3. The number of aliphatic hydroxyl groups is 1. The molecule has 2 aliphatic rings. The molecule has 24 heavy (non-hydrogen) atoms. The van der Waals surface area contributed by atoms with Gasteiger partial charge in [-0.05, 0) is 38.1 Å². The Morgan fingerprint density at radius 1 is 1.42 bits per heavy atom. The van der Waals surface area contributed by atoms with Gasteiger partial charge in [0.25, 0.3) is 0 Å². The van der Waals surface area contributed by atoms with Crippen LogP contribution in [-0.4, -0.2) is 75.1 Å². The van der Waals surface area contributed by atoms with Gasteiger partial charge >= 0.3 is 0 Å². The van der Waals surface area contributed by atoms with Gasteiger partial charge in [0.2, 0.25) is 0 Å². The molecule has 6 heteroatoms. The van der Waals surface area contributed by atoms with E-state index in [1.807, 2.05) is 7.05 Å². The first-order valence-electron chi connectivity index (χ1n) is 9.46. The van der Waals surface area contributed by atoms with E-state index in [9.17, 15) is 5.11 Å². The van der Waals surface area contributed by atoms with Gasteiger partial charge in [-0.25, -0.2) is 0 Å². The Balaban J connectivity index is 1.78. The molecule has 0 aromatic carbocycles. The van der Waals surface area contributed by atoms with Crippen LogP contribution in [-0.2, 0) is 4.74 Å². The Hall–Kier alpha value is -0.850. The molecule has 0 aromatic rings. The zero-order valence-electron chi connectivity index (χ0n) is 15.7. The SMILES string of the molecule is CN=C(NC[C@H]1CCCN1CC(C)C)NCC1(CCO)CCOC1. The number of ether oxygens (including phenoxy) is 1.